The number of nitrogens with zero attached hydrogens (tertiary/aromatic N) is 2. The quantitative estimate of drug-likeness (QED) is 0.205. The zero-order valence-electron chi connectivity index (χ0n) is 24.3. The molecule has 0 N–H and O–H groups in total. The van der Waals surface area contributed by atoms with E-state index in [9.17, 15) is 0 Å². The lowest BCUT2D eigenvalue weighted by Crippen LogP contribution is -2.10. The first-order chi connectivity index (χ1) is 22.3. The second kappa shape index (κ2) is 9.22. The van der Waals surface area contributed by atoms with Crippen molar-refractivity contribution in [3.8, 4) is 27.9 Å². The van der Waals surface area contributed by atoms with Crippen molar-refractivity contribution in [3.63, 3.8) is 0 Å². The van der Waals surface area contributed by atoms with Gasteiger partial charge in [0.2, 0.25) is 0 Å². The highest BCUT2D eigenvalue weighted by Gasteiger charge is 2.29. The molecule has 210 valence electrons. The Labute approximate surface area is 259 Å². The largest absolute Gasteiger partial charge is 0.456 e. The molecule has 3 heterocycles. The first-order valence-corrected chi connectivity index (χ1v) is 15.4. The van der Waals surface area contributed by atoms with Crippen molar-refractivity contribution in [2.75, 3.05) is 4.90 Å². The maximum absolute atomic E-state index is 6.20. The highest BCUT2D eigenvalue weighted by molar-refractivity contribution is 6.21. The Morgan fingerprint density at radius 1 is 0.400 bits per heavy atom. The summed E-state index contributed by atoms with van der Waals surface area (Å²) in [4.78, 5) is 2.43. The van der Waals surface area contributed by atoms with Crippen LogP contribution in [0.4, 0.5) is 17.1 Å². The summed E-state index contributed by atoms with van der Waals surface area (Å²) in [5.74, 6) is 0. The number of aromatic nitrogens is 1. The van der Waals surface area contributed by atoms with Crippen LogP contribution in [0.15, 0.2) is 162 Å². The molecule has 0 atom stereocenters. The Balaban J connectivity index is 1.36. The summed E-state index contributed by atoms with van der Waals surface area (Å²) in [6.45, 7) is 0. The fourth-order valence-electron chi connectivity index (χ4n) is 7.46. The molecule has 9 aromatic rings. The van der Waals surface area contributed by atoms with E-state index in [1.807, 2.05) is 12.1 Å². The van der Waals surface area contributed by atoms with E-state index >= 15 is 0 Å². The van der Waals surface area contributed by atoms with Gasteiger partial charge < -0.3 is 13.9 Å². The van der Waals surface area contributed by atoms with E-state index < -0.39 is 0 Å². The number of fused-ring (bicyclic) bond motifs is 12. The molecule has 0 radical (unpaired) electrons. The molecule has 1 aliphatic heterocycles. The third-order valence-electron chi connectivity index (χ3n) is 9.32. The van der Waals surface area contributed by atoms with Gasteiger partial charge in [-0.15, -0.1) is 0 Å². The molecule has 7 aromatic carbocycles. The summed E-state index contributed by atoms with van der Waals surface area (Å²) in [5, 5.41) is 4.74. The molecule has 3 nitrogen and oxygen atoms in total. The van der Waals surface area contributed by atoms with E-state index in [2.05, 4.69) is 155 Å². The van der Waals surface area contributed by atoms with Gasteiger partial charge in [-0.3, -0.25) is 0 Å². The molecule has 0 fully saturated rings. The van der Waals surface area contributed by atoms with Crippen LogP contribution in [0.2, 0.25) is 0 Å². The second-order valence-corrected chi connectivity index (χ2v) is 11.7. The standard InChI is InChI=1S/C42H26N2O/c1-2-12-27(13-3-1)43-35-19-9-6-15-30(35)29-14-4-5-17-32(29)41-37(43)23-24-38-42(41)33-18-7-10-20-36(33)44(38)28-22-25-40-34(26-28)31-16-8-11-21-39(31)45-40/h1-26H. The van der Waals surface area contributed by atoms with Gasteiger partial charge in [-0.05, 0) is 71.8 Å². The number of para-hydroxylation sites is 4. The number of hydrogen-bond acceptors (Lipinski definition) is 2. The molecule has 0 unspecified atom stereocenters. The molecule has 10 rings (SSSR count). The van der Waals surface area contributed by atoms with Gasteiger partial charge in [0.25, 0.3) is 0 Å². The second-order valence-electron chi connectivity index (χ2n) is 11.7. The molecule has 2 aromatic heterocycles. The van der Waals surface area contributed by atoms with Crippen LogP contribution < -0.4 is 4.90 Å². The number of hydrogen-bond donors (Lipinski definition) is 0. The fourth-order valence-corrected chi connectivity index (χ4v) is 7.46. The smallest absolute Gasteiger partial charge is 0.135 e. The summed E-state index contributed by atoms with van der Waals surface area (Å²) in [7, 11) is 0. The summed E-state index contributed by atoms with van der Waals surface area (Å²) >= 11 is 0. The van der Waals surface area contributed by atoms with Gasteiger partial charge in [0, 0.05) is 44.0 Å². The third-order valence-corrected chi connectivity index (χ3v) is 9.32. The van der Waals surface area contributed by atoms with Gasteiger partial charge >= 0.3 is 0 Å². The van der Waals surface area contributed by atoms with Crippen molar-refractivity contribution in [1.82, 2.24) is 4.57 Å². The molecule has 0 bridgehead atoms. The Morgan fingerprint density at radius 3 is 1.98 bits per heavy atom. The minimum atomic E-state index is 0.903. The Morgan fingerprint density at radius 2 is 1.09 bits per heavy atom. The zero-order valence-corrected chi connectivity index (χ0v) is 24.3. The molecule has 0 saturated heterocycles. The van der Waals surface area contributed by atoms with Gasteiger partial charge in [-0.2, -0.15) is 0 Å². The van der Waals surface area contributed by atoms with Crippen LogP contribution in [0, 0.1) is 0 Å². The van der Waals surface area contributed by atoms with Crippen LogP contribution in [0.3, 0.4) is 0 Å². The Hall–Kier alpha value is -6.06. The van der Waals surface area contributed by atoms with Gasteiger partial charge in [0.1, 0.15) is 11.2 Å². The Kier molecular flexibility index (Phi) is 5.00. The van der Waals surface area contributed by atoms with Crippen LogP contribution in [-0.4, -0.2) is 4.57 Å². The first kappa shape index (κ1) is 24.4. The Bertz CT molecular complexity index is 2610. The molecule has 0 aliphatic carbocycles. The topological polar surface area (TPSA) is 21.3 Å². The van der Waals surface area contributed by atoms with Crippen LogP contribution in [0.1, 0.15) is 0 Å². The van der Waals surface area contributed by atoms with E-state index in [-0.39, 0.29) is 0 Å². The van der Waals surface area contributed by atoms with E-state index in [0.29, 0.717) is 0 Å². The average molecular weight is 575 g/mol. The summed E-state index contributed by atoms with van der Waals surface area (Å²) < 4.78 is 8.61. The fraction of sp³-hybridized carbons (Fsp3) is 0. The maximum atomic E-state index is 6.20. The molecule has 0 spiro atoms. The first-order valence-electron chi connectivity index (χ1n) is 15.4. The van der Waals surface area contributed by atoms with Crippen molar-refractivity contribution < 1.29 is 4.42 Å². The summed E-state index contributed by atoms with van der Waals surface area (Å²) in [6, 6.07) is 56.7. The third kappa shape index (κ3) is 3.41. The monoisotopic (exact) mass is 574 g/mol. The van der Waals surface area contributed by atoms with E-state index in [0.717, 1.165) is 33.3 Å². The predicted octanol–water partition coefficient (Wildman–Crippen LogP) is 11.8. The lowest BCUT2D eigenvalue weighted by Gasteiger charge is -2.27. The minimum absolute atomic E-state index is 0.903. The predicted molar refractivity (Wildman–Crippen MR) is 187 cm³/mol. The van der Waals surface area contributed by atoms with E-state index in [4.69, 9.17) is 4.42 Å². The summed E-state index contributed by atoms with van der Waals surface area (Å²) in [6.07, 6.45) is 0. The molecule has 1 aliphatic rings. The molecular formula is C42H26N2O. The highest BCUT2D eigenvalue weighted by atomic mass is 16.3. The van der Waals surface area contributed by atoms with Crippen LogP contribution >= 0.6 is 0 Å². The van der Waals surface area contributed by atoms with Crippen LogP contribution in [0.25, 0.3) is 71.7 Å². The highest BCUT2D eigenvalue weighted by Crippen LogP contribution is 2.54. The van der Waals surface area contributed by atoms with Crippen molar-refractivity contribution in [3.05, 3.63) is 158 Å². The van der Waals surface area contributed by atoms with E-state index in [1.165, 1.54) is 55.4 Å². The minimum Gasteiger partial charge on any atom is -0.456 e. The van der Waals surface area contributed by atoms with Gasteiger partial charge in [-0.25, -0.2) is 0 Å². The zero-order chi connectivity index (χ0) is 29.5. The van der Waals surface area contributed by atoms with Crippen LogP contribution in [0.5, 0.6) is 0 Å². The number of anilines is 3. The van der Waals surface area contributed by atoms with Crippen molar-refractivity contribution >= 4 is 60.8 Å². The van der Waals surface area contributed by atoms with Gasteiger partial charge in [-0.1, -0.05) is 97.1 Å². The molecule has 0 amide bonds. The van der Waals surface area contributed by atoms with Gasteiger partial charge in [0.15, 0.2) is 0 Å². The summed E-state index contributed by atoms with van der Waals surface area (Å²) in [5.41, 5.74) is 13.7. The van der Waals surface area contributed by atoms with Gasteiger partial charge in [0.05, 0.1) is 22.4 Å². The molecule has 45 heavy (non-hydrogen) atoms. The SMILES string of the molecule is c1ccc(N2c3ccccc3-c3ccccc3-c3c2ccc2c3c3ccccc3n2-c2ccc3oc4ccccc4c3c2)cc1. The molecule has 3 heteroatoms. The van der Waals surface area contributed by atoms with Crippen molar-refractivity contribution in [2.24, 2.45) is 0 Å². The normalized spacial score (nSPS) is 12.4. The average Bonchev–Trinajstić information content (AvgIpc) is 3.60. The molecular weight excluding hydrogens is 548 g/mol. The number of furan rings is 1. The molecule has 0 saturated carbocycles. The number of rotatable bonds is 2. The lowest BCUT2D eigenvalue weighted by molar-refractivity contribution is 0.669. The lowest BCUT2D eigenvalue weighted by atomic mass is 9.92. The van der Waals surface area contributed by atoms with Crippen molar-refractivity contribution in [1.29, 1.82) is 0 Å². The van der Waals surface area contributed by atoms with Crippen LogP contribution in [-0.2, 0) is 0 Å². The van der Waals surface area contributed by atoms with Crippen molar-refractivity contribution in [2.45, 2.75) is 0 Å². The number of benzene rings is 7. The van der Waals surface area contributed by atoms with E-state index in [1.54, 1.807) is 0 Å². The maximum Gasteiger partial charge on any atom is 0.135 e.